The second-order valence-electron chi connectivity index (χ2n) is 7.99. The van der Waals surface area contributed by atoms with Crippen molar-refractivity contribution in [2.45, 2.75) is 24.6 Å². The first-order valence-corrected chi connectivity index (χ1v) is 12.9. The van der Waals surface area contributed by atoms with Crippen molar-refractivity contribution >= 4 is 51.7 Å². The smallest absolute Gasteiger partial charge is 0.352 e. The number of oxime groups is 1. The number of fused-ring (bicyclic) bond motifs is 1. The number of anilines is 1. The summed E-state index contributed by atoms with van der Waals surface area (Å²) in [5, 5.41) is 17.7. The van der Waals surface area contributed by atoms with Crippen molar-refractivity contribution in [2.75, 3.05) is 11.5 Å². The van der Waals surface area contributed by atoms with E-state index >= 15 is 0 Å². The van der Waals surface area contributed by atoms with Gasteiger partial charge >= 0.3 is 5.97 Å². The van der Waals surface area contributed by atoms with Crippen LogP contribution in [0.2, 0.25) is 0 Å². The molecule has 15 heteroatoms. The summed E-state index contributed by atoms with van der Waals surface area (Å²) >= 11 is 2.50. The van der Waals surface area contributed by atoms with Crippen molar-refractivity contribution in [3.8, 4) is 0 Å². The van der Waals surface area contributed by atoms with Crippen molar-refractivity contribution in [1.29, 1.82) is 0 Å². The molecule has 190 valence electrons. The van der Waals surface area contributed by atoms with Crippen LogP contribution in [0.4, 0.5) is 5.13 Å². The molecule has 0 aliphatic carbocycles. The number of carbonyl (C=O) groups excluding carboxylic acids is 2. The predicted octanol–water partition coefficient (Wildman–Crippen LogP) is 0.0956. The largest absolute Gasteiger partial charge is 0.477 e. The molecule has 2 aliphatic heterocycles. The van der Waals surface area contributed by atoms with Gasteiger partial charge in [0.25, 0.3) is 11.8 Å². The van der Waals surface area contributed by atoms with Gasteiger partial charge in [0.2, 0.25) is 0 Å². The van der Waals surface area contributed by atoms with Gasteiger partial charge in [0.15, 0.2) is 36.4 Å². The lowest BCUT2D eigenvalue weighted by Crippen LogP contribution is -2.71. The number of aromatic amines is 1. The molecule has 0 radical (unpaired) electrons. The monoisotopic (exact) mass is 541 g/mol. The van der Waals surface area contributed by atoms with Gasteiger partial charge in [0, 0.05) is 41.2 Å². The number of hydrogen-bond acceptors (Lipinski definition) is 10. The van der Waals surface area contributed by atoms with E-state index in [1.165, 1.54) is 16.7 Å². The maximum Gasteiger partial charge on any atom is 0.352 e. The van der Waals surface area contributed by atoms with E-state index in [1.807, 2.05) is 35.2 Å². The number of imidazole rings is 1. The molecular formula is C22H21N8O5S2+. The number of rotatable bonds is 9. The van der Waals surface area contributed by atoms with E-state index in [9.17, 15) is 19.5 Å². The average Bonchev–Trinajstić information content (AvgIpc) is 3.57. The third-order valence-electron chi connectivity index (χ3n) is 5.58. The number of aromatic nitrogens is 4. The van der Waals surface area contributed by atoms with Crippen molar-refractivity contribution in [3.05, 3.63) is 71.2 Å². The van der Waals surface area contributed by atoms with Crippen molar-refractivity contribution in [3.63, 3.8) is 0 Å². The number of thioether (sulfide) groups is 1. The number of β-lactam (4-membered cyclic amide) rings is 1. The second-order valence-corrected chi connectivity index (χ2v) is 9.98. The van der Waals surface area contributed by atoms with Crippen molar-refractivity contribution < 1.29 is 28.9 Å². The molecule has 0 bridgehead atoms. The van der Waals surface area contributed by atoms with Crippen LogP contribution in [0.5, 0.6) is 0 Å². The molecule has 0 unspecified atom stereocenters. The second kappa shape index (κ2) is 10.4. The number of nitrogens with one attached hydrogen (secondary N) is 2. The number of nitrogen functional groups attached to an aromatic ring is 1. The molecule has 5 N–H and O–H groups in total. The number of nitrogens with two attached hydrogens (primary N) is 1. The van der Waals surface area contributed by atoms with Gasteiger partial charge in [-0.15, -0.1) is 23.1 Å². The van der Waals surface area contributed by atoms with Crippen LogP contribution in [-0.2, 0) is 32.4 Å². The summed E-state index contributed by atoms with van der Waals surface area (Å²) in [5.74, 6) is -1.52. The molecule has 5 heterocycles. The zero-order valence-electron chi connectivity index (χ0n) is 19.1. The molecule has 2 aliphatic rings. The fourth-order valence-electron chi connectivity index (χ4n) is 3.91. The maximum atomic E-state index is 13.2. The van der Waals surface area contributed by atoms with Gasteiger partial charge in [-0.2, -0.15) is 0 Å². The van der Waals surface area contributed by atoms with Crippen LogP contribution < -0.4 is 15.6 Å². The average molecular weight is 542 g/mol. The molecule has 0 aromatic carbocycles. The van der Waals surface area contributed by atoms with E-state index in [2.05, 4.69) is 25.4 Å². The van der Waals surface area contributed by atoms with Crippen LogP contribution in [0.15, 0.2) is 64.8 Å². The number of carbonyl (C=O) groups is 3. The molecule has 0 spiro atoms. The van der Waals surface area contributed by atoms with E-state index in [4.69, 9.17) is 10.6 Å². The first kappa shape index (κ1) is 24.5. The highest BCUT2D eigenvalue weighted by molar-refractivity contribution is 8.00. The Kier molecular flexibility index (Phi) is 6.87. The number of H-pyrrole nitrogens is 1. The first-order chi connectivity index (χ1) is 17.9. The minimum atomic E-state index is -1.19. The Hall–Kier alpha value is -4.24. The molecule has 3 aromatic rings. The summed E-state index contributed by atoms with van der Waals surface area (Å²) in [5.41, 5.74) is 6.29. The molecule has 2 atom stereocenters. The summed E-state index contributed by atoms with van der Waals surface area (Å²) in [4.78, 5) is 55.8. The number of hydrogen-bond donors (Lipinski definition) is 4. The summed E-state index contributed by atoms with van der Waals surface area (Å²) in [6.07, 6.45) is 6.82. The van der Waals surface area contributed by atoms with E-state index < -0.39 is 29.2 Å². The fourth-order valence-corrected chi connectivity index (χ4v) is 5.79. The molecule has 1 saturated heterocycles. The number of pyridine rings is 1. The number of aliphatic carboxylic acids is 1. The Balaban J connectivity index is 1.32. The first-order valence-electron chi connectivity index (χ1n) is 11.0. The Bertz CT molecular complexity index is 1390. The molecular weight excluding hydrogens is 520 g/mol. The van der Waals surface area contributed by atoms with Gasteiger partial charge < -0.3 is 26.0 Å². The summed E-state index contributed by atoms with van der Waals surface area (Å²) in [7, 11) is 0. The van der Waals surface area contributed by atoms with Crippen LogP contribution in [-0.4, -0.2) is 65.6 Å². The standard InChI is InChI=1S/C22H20N8O5S2/c23-22-26-13(11-37-22)15(28-35-9-14-24-4-5-25-14)18(31)27-16-19(32)30-17(21(33)34)12(10-36-20(16)30)8-29-6-2-1-3-7-29/h1-7,11,16,20H,8-10H2,(H4-,23,24,25,26,27,31,33,34)/p+1/t16-,20+/m1/s1. The van der Waals surface area contributed by atoms with Crippen LogP contribution in [0.1, 0.15) is 11.5 Å². The molecule has 5 rings (SSSR count). The Morgan fingerprint density at radius 2 is 2.16 bits per heavy atom. The SMILES string of the molecule is Nc1nc(C(=NOCc2ncc[nH]2)C(=O)N[C@@H]2C(=O)N3C(C(=O)O)=C(C[n+]4ccccc4)CS[C@@H]23)cs1. The van der Waals surface area contributed by atoms with Crippen LogP contribution >= 0.6 is 23.1 Å². The van der Waals surface area contributed by atoms with Crippen LogP contribution in [0, 0.1) is 0 Å². The minimum absolute atomic E-state index is 0.0209. The molecule has 2 amide bonds. The van der Waals surface area contributed by atoms with E-state index in [1.54, 1.807) is 17.8 Å². The normalized spacial score (nSPS) is 19.3. The highest BCUT2D eigenvalue weighted by Crippen LogP contribution is 2.40. The maximum absolute atomic E-state index is 13.2. The van der Waals surface area contributed by atoms with Crippen molar-refractivity contribution in [2.24, 2.45) is 5.16 Å². The van der Waals surface area contributed by atoms with E-state index in [0.717, 1.165) is 11.3 Å². The van der Waals surface area contributed by atoms with Gasteiger partial charge in [-0.3, -0.25) is 14.5 Å². The van der Waals surface area contributed by atoms with Crippen molar-refractivity contribution in [1.82, 2.24) is 25.2 Å². The number of carboxylic acid groups (broad SMARTS) is 1. The zero-order chi connectivity index (χ0) is 25.9. The third-order valence-corrected chi connectivity index (χ3v) is 7.59. The molecule has 3 aromatic heterocycles. The van der Waals surface area contributed by atoms with E-state index in [-0.39, 0.29) is 28.8 Å². The minimum Gasteiger partial charge on any atom is -0.477 e. The molecule has 13 nitrogen and oxygen atoms in total. The Morgan fingerprint density at radius 1 is 1.35 bits per heavy atom. The predicted molar refractivity (Wildman–Crippen MR) is 133 cm³/mol. The lowest BCUT2D eigenvalue weighted by molar-refractivity contribution is -0.689. The highest BCUT2D eigenvalue weighted by atomic mass is 32.2. The number of thiazole rings is 1. The Morgan fingerprint density at radius 3 is 2.84 bits per heavy atom. The Labute approximate surface area is 218 Å². The van der Waals surface area contributed by atoms with Gasteiger partial charge in [-0.1, -0.05) is 11.2 Å². The number of carboxylic acids is 1. The lowest BCUT2D eigenvalue weighted by atomic mass is 10.0. The lowest BCUT2D eigenvalue weighted by Gasteiger charge is -2.49. The topological polar surface area (TPSA) is 180 Å². The third kappa shape index (κ3) is 5.03. The number of amides is 2. The fraction of sp³-hybridized carbons (Fsp3) is 0.227. The summed E-state index contributed by atoms with van der Waals surface area (Å²) in [6.45, 7) is 0.311. The van der Waals surface area contributed by atoms with Crippen LogP contribution in [0.25, 0.3) is 0 Å². The van der Waals surface area contributed by atoms with Gasteiger partial charge in [-0.05, 0) is 0 Å². The van der Waals surface area contributed by atoms with Gasteiger partial charge in [0.1, 0.15) is 28.6 Å². The molecule has 37 heavy (non-hydrogen) atoms. The quantitative estimate of drug-likeness (QED) is 0.126. The molecule has 1 fully saturated rings. The van der Waals surface area contributed by atoms with Crippen LogP contribution in [0.3, 0.4) is 0 Å². The summed E-state index contributed by atoms with van der Waals surface area (Å²) < 4.78 is 1.84. The van der Waals surface area contributed by atoms with E-state index in [0.29, 0.717) is 23.7 Å². The molecule has 0 saturated carbocycles. The number of nitrogens with zero attached hydrogens (tertiary/aromatic N) is 5. The van der Waals surface area contributed by atoms with Gasteiger partial charge in [-0.25, -0.2) is 19.3 Å². The highest BCUT2D eigenvalue weighted by Gasteiger charge is 2.54. The summed E-state index contributed by atoms with van der Waals surface area (Å²) in [6, 6.07) is 4.60. The zero-order valence-corrected chi connectivity index (χ0v) is 20.7. The van der Waals surface area contributed by atoms with Gasteiger partial charge in [0.05, 0.1) is 0 Å².